The molecular formula is C20H23N3O3. The highest BCUT2D eigenvalue weighted by Gasteiger charge is 2.30. The van der Waals surface area contributed by atoms with Crippen molar-refractivity contribution >= 4 is 11.8 Å². The molecule has 1 aliphatic rings. The number of nitrogens with one attached hydrogen (secondary N) is 1. The molecule has 1 fully saturated rings. The zero-order valence-electron chi connectivity index (χ0n) is 15.2. The number of hydrogen-bond acceptors (Lipinski definition) is 4. The number of rotatable bonds is 4. The van der Waals surface area contributed by atoms with Crippen LogP contribution in [0.4, 0.5) is 0 Å². The fourth-order valence-corrected chi connectivity index (χ4v) is 2.97. The smallest absolute Gasteiger partial charge is 0.251 e. The molecule has 1 atom stereocenters. The van der Waals surface area contributed by atoms with Crippen LogP contribution in [0, 0.1) is 0 Å². The molecule has 0 radical (unpaired) electrons. The minimum absolute atomic E-state index is 0.0587. The molecule has 0 aliphatic carbocycles. The van der Waals surface area contributed by atoms with E-state index in [0.717, 1.165) is 11.1 Å². The van der Waals surface area contributed by atoms with Crippen LogP contribution in [0.1, 0.15) is 36.2 Å². The lowest BCUT2D eigenvalue weighted by molar-refractivity contribution is -0.128. The Morgan fingerprint density at radius 1 is 1.27 bits per heavy atom. The van der Waals surface area contributed by atoms with Crippen LogP contribution in [0.25, 0.3) is 11.1 Å². The van der Waals surface area contributed by atoms with Gasteiger partial charge in [0.15, 0.2) is 0 Å². The number of pyridine rings is 1. The Labute approximate surface area is 152 Å². The van der Waals surface area contributed by atoms with Crippen LogP contribution in [-0.2, 0) is 10.4 Å². The molecule has 0 saturated carbocycles. The van der Waals surface area contributed by atoms with Gasteiger partial charge in [-0.05, 0) is 44.0 Å². The van der Waals surface area contributed by atoms with Crippen molar-refractivity contribution < 1.29 is 14.7 Å². The molecule has 2 heterocycles. The molecular weight excluding hydrogens is 330 g/mol. The molecule has 1 aromatic heterocycles. The van der Waals surface area contributed by atoms with Gasteiger partial charge in [-0.3, -0.25) is 14.6 Å². The van der Waals surface area contributed by atoms with E-state index < -0.39 is 11.6 Å². The van der Waals surface area contributed by atoms with Crippen molar-refractivity contribution in [3.8, 4) is 11.1 Å². The molecule has 0 bridgehead atoms. The number of aromatic nitrogens is 1. The maximum atomic E-state index is 12.5. The van der Waals surface area contributed by atoms with Gasteiger partial charge in [-0.2, -0.15) is 0 Å². The fraction of sp³-hybridized carbons (Fsp3) is 0.350. The number of likely N-dealkylation sites (N-methyl/N-ethyl adjacent to an activating group) is 1. The average Bonchev–Trinajstić information content (AvgIpc) is 2.93. The first kappa shape index (κ1) is 18.1. The number of nitrogens with zero attached hydrogens (tertiary/aromatic N) is 2. The van der Waals surface area contributed by atoms with Crippen molar-refractivity contribution in [1.29, 1.82) is 0 Å². The van der Waals surface area contributed by atoms with Crippen LogP contribution in [0.3, 0.4) is 0 Å². The van der Waals surface area contributed by atoms with E-state index in [2.05, 4.69) is 10.3 Å². The summed E-state index contributed by atoms with van der Waals surface area (Å²) >= 11 is 0. The van der Waals surface area contributed by atoms with E-state index in [0.29, 0.717) is 24.1 Å². The third-order valence-corrected chi connectivity index (χ3v) is 4.64. The van der Waals surface area contributed by atoms with Crippen LogP contribution >= 0.6 is 0 Å². The third kappa shape index (κ3) is 3.75. The lowest BCUT2D eigenvalue weighted by Gasteiger charge is -2.18. The lowest BCUT2D eigenvalue weighted by atomic mass is 9.96. The number of benzene rings is 1. The quantitative estimate of drug-likeness (QED) is 0.880. The Morgan fingerprint density at radius 2 is 2.04 bits per heavy atom. The van der Waals surface area contributed by atoms with Crippen molar-refractivity contribution in [2.24, 2.45) is 0 Å². The number of carbonyl (C=O) groups excluding carboxylic acids is 2. The first-order valence-corrected chi connectivity index (χ1v) is 8.60. The Morgan fingerprint density at radius 3 is 2.69 bits per heavy atom. The largest absolute Gasteiger partial charge is 0.386 e. The lowest BCUT2D eigenvalue weighted by Crippen LogP contribution is -2.40. The molecule has 6 nitrogen and oxygen atoms in total. The van der Waals surface area contributed by atoms with E-state index in [4.69, 9.17) is 0 Å². The van der Waals surface area contributed by atoms with E-state index in [-0.39, 0.29) is 11.8 Å². The molecule has 2 N–H and O–H groups in total. The summed E-state index contributed by atoms with van der Waals surface area (Å²) in [7, 11) is 1.73. The Hall–Kier alpha value is -2.73. The fourth-order valence-electron chi connectivity index (χ4n) is 2.97. The highest BCUT2D eigenvalue weighted by molar-refractivity contribution is 5.98. The summed E-state index contributed by atoms with van der Waals surface area (Å²) in [6, 6.07) is 8.56. The minimum Gasteiger partial charge on any atom is -0.386 e. The summed E-state index contributed by atoms with van der Waals surface area (Å²) in [6.07, 6.45) is 3.95. The third-order valence-electron chi connectivity index (χ3n) is 4.64. The zero-order valence-corrected chi connectivity index (χ0v) is 15.2. The van der Waals surface area contributed by atoms with Crippen molar-refractivity contribution in [3.05, 3.63) is 53.9 Å². The average molecular weight is 353 g/mol. The highest BCUT2D eigenvalue weighted by Crippen LogP contribution is 2.25. The molecule has 2 amide bonds. The number of hydrogen-bond donors (Lipinski definition) is 2. The molecule has 1 saturated heterocycles. The Kier molecular flexibility index (Phi) is 4.78. The molecule has 2 aromatic rings. The molecule has 0 unspecified atom stereocenters. The van der Waals surface area contributed by atoms with Crippen molar-refractivity contribution in [3.63, 3.8) is 0 Å². The monoisotopic (exact) mass is 353 g/mol. The number of carbonyl (C=O) groups is 2. The summed E-state index contributed by atoms with van der Waals surface area (Å²) in [5.74, 6) is -0.330. The second-order valence-corrected chi connectivity index (χ2v) is 7.18. The van der Waals surface area contributed by atoms with Gasteiger partial charge < -0.3 is 15.3 Å². The molecule has 26 heavy (non-hydrogen) atoms. The van der Waals surface area contributed by atoms with Gasteiger partial charge in [0, 0.05) is 42.7 Å². The van der Waals surface area contributed by atoms with E-state index >= 15 is 0 Å². The van der Waals surface area contributed by atoms with Crippen molar-refractivity contribution in [2.75, 3.05) is 13.6 Å². The van der Waals surface area contributed by atoms with Gasteiger partial charge in [0.05, 0.1) is 5.60 Å². The van der Waals surface area contributed by atoms with Crippen LogP contribution < -0.4 is 5.32 Å². The van der Waals surface area contributed by atoms with E-state index in [9.17, 15) is 14.7 Å². The topological polar surface area (TPSA) is 82.5 Å². The van der Waals surface area contributed by atoms with Crippen molar-refractivity contribution in [2.45, 2.75) is 31.9 Å². The molecule has 0 spiro atoms. The number of amides is 2. The Bertz CT molecular complexity index is 842. The van der Waals surface area contributed by atoms with Gasteiger partial charge in [0.2, 0.25) is 5.91 Å². The van der Waals surface area contributed by atoms with Crippen LogP contribution in [0.15, 0.2) is 42.7 Å². The predicted octanol–water partition coefficient (Wildman–Crippen LogP) is 1.94. The maximum absolute atomic E-state index is 12.5. The molecule has 1 aliphatic heterocycles. The van der Waals surface area contributed by atoms with E-state index in [1.54, 1.807) is 56.4 Å². The second kappa shape index (κ2) is 6.88. The highest BCUT2D eigenvalue weighted by atomic mass is 16.3. The molecule has 3 rings (SSSR count). The summed E-state index contributed by atoms with van der Waals surface area (Å²) in [6.45, 7) is 4.06. The van der Waals surface area contributed by atoms with E-state index in [1.165, 1.54) is 0 Å². The number of likely N-dealkylation sites (tertiary alicyclic amines) is 1. The van der Waals surface area contributed by atoms with Gasteiger partial charge >= 0.3 is 0 Å². The van der Waals surface area contributed by atoms with Gasteiger partial charge in [0.1, 0.15) is 6.04 Å². The number of aliphatic hydroxyl groups is 1. The molecule has 136 valence electrons. The zero-order chi connectivity index (χ0) is 18.9. The first-order chi connectivity index (χ1) is 12.3. The van der Waals surface area contributed by atoms with Crippen LogP contribution in [-0.4, -0.2) is 46.4 Å². The summed E-state index contributed by atoms with van der Waals surface area (Å²) < 4.78 is 0. The van der Waals surface area contributed by atoms with Crippen LogP contribution in [0.5, 0.6) is 0 Å². The minimum atomic E-state index is -0.993. The van der Waals surface area contributed by atoms with E-state index in [1.807, 2.05) is 12.1 Å². The molecule has 6 heteroatoms. The molecule has 1 aromatic carbocycles. The first-order valence-electron chi connectivity index (χ1n) is 8.60. The summed E-state index contributed by atoms with van der Waals surface area (Å²) in [5.41, 5.74) is 1.83. The Balaban J connectivity index is 1.82. The SMILES string of the molecule is CN1CC[C@@H](NC(=O)c2cccc(-c3cncc(C(C)(C)O)c3)c2)C1=O. The van der Waals surface area contributed by atoms with Gasteiger partial charge in [-0.25, -0.2) is 0 Å². The van der Waals surface area contributed by atoms with Gasteiger partial charge in [-0.1, -0.05) is 12.1 Å². The van der Waals surface area contributed by atoms with Gasteiger partial charge in [-0.15, -0.1) is 0 Å². The predicted molar refractivity (Wildman–Crippen MR) is 98.4 cm³/mol. The second-order valence-electron chi connectivity index (χ2n) is 7.18. The van der Waals surface area contributed by atoms with Gasteiger partial charge in [0.25, 0.3) is 5.91 Å². The van der Waals surface area contributed by atoms with Crippen LogP contribution in [0.2, 0.25) is 0 Å². The van der Waals surface area contributed by atoms with Crippen molar-refractivity contribution in [1.82, 2.24) is 15.2 Å². The summed E-state index contributed by atoms with van der Waals surface area (Å²) in [5, 5.41) is 13.0. The summed E-state index contributed by atoms with van der Waals surface area (Å²) in [4.78, 5) is 30.3. The standard InChI is InChI=1S/C20H23N3O3/c1-20(2,26)16-10-15(11-21-12-16)13-5-4-6-14(9-13)18(24)22-17-7-8-23(3)19(17)25/h4-6,9-12,17,26H,7-8H2,1-3H3,(H,22,24)/t17-/m1/s1. The maximum Gasteiger partial charge on any atom is 0.251 e. The normalized spacial score (nSPS) is 17.5.